The molecule has 12 heteroatoms. The van der Waals surface area contributed by atoms with E-state index >= 15 is 0 Å². The van der Waals surface area contributed by atoms with E-state index in [0.29, 0.717) is 23.4 Å². The summed E-state index contributed by atoms with van der Waals surface area (Å²) in [5, 5.41) is 41.3. The lowest BCUT2D eigenvalue weighted by molar-refractivity contribution is -0.0511. The van der Waals surface area contributed by atoms with E-state index in [9.17, 15) is 15.3 Å². The standard InChI is InChI=1S/C20H22N8O4/c1-21-17-14-18(27(10-22-14)19-16(31)15(30)13(9-29)32-19)24-20(23-17)28-8-12(25-26-28)7-11-5-3-2-4-6-11/h2-6,8,10,13,15-16,19,29-31H,7,9H2,1H3,(H,21,23,24)/t13-,15-,16-,19-/m1/s1. The number of hydrogen-bond acceptors (Lipinski definition) is 10. The number of nitrogens with zero attached hydrogens (tertiary/aromatic N) is 7. The van der Waals surface area contributed by atoms with Crippen LogP contribution in [-0.2, 0) is 11.2 Å². The van der Waals surface area contributed by atoms with Crippen molar-refractivity contribution < 1.29 is 20.1 Å². The number of rotatable bonds is 6. The van der Waals surface area contributed by atoms with Crippen LogP contribution >= 0.6 is 0 Å². The molecule has 0 aliphatic carbocycles. The predicted molar refractivity (Wildman–Crippen MR) is 112 cm³/mol. The van der Waals surface area contributed by atoms with Crippen molar-refractivity contribution in [2.24, 2.45) is 0 Å². The second-order valence-electron chi connectivity index (χ2n) is 7.49. The second kappa shape index (κ2) is 8.24. The van der Waals surface area contributed by atoms with Crippen LogP contribution in [0.4, 0.5) is 5.82 Å². The molecular formula is C20H22N8O4. The molecular weight excluding hydrogens is 416 g/mol. The molecule has 0 unspecified atom stereocenters. The SMILES string of the molecule is CNc1nc(-n2cc(Cc3ccccc3)nn2)nc2c1ncn2[C@@H]1O[C@H](CO)[C@@H](O)[C@H]1O. The fraction of sp³-hybridized carbons (Fsp3) is 0.350. The summed E-state index contributed by atoms with van der Waals surface area (Å²) in [5.41, 5.74) is 2.69. The van der Waals surface area contributed by atoms with Gasteiger partial charge in [0.1, 0.15) is 18.3 Å². The average molecular weight is 438 g/mol. The van der Waals surface area contributed by atoms with Crippen LogP contribution in [0.2, 0.25) is 0 Å². The first-order chi connectivity index (χ1) is 15.6. The van der Waals surface area contributed by atoms with Crippen LogP contribution in [0.3, 0.4) is 0 Å². The Balaban J connectivity index is 1.52. The highest BCUT2D eigenvalue weighted by Crippen LogP contribution is 2.32. The molecule has 4 heterocycles. The van der Waals surface area contributed by atoms with E-state index < -0.39 is 31.1 Å². The Bertz CT molecular complexity index is 1230. The van der Waals surface area contributed by atoms with Crippen molar-refractivity contribution in [2.75, 3.05) is 19.0 Å². The molecule has 1 saturated heterocycles. The van der Waals surface area contributed by atoms with Gasteiger partial charge in [-0.2, -0.15) is 14.6 Å². The highest BCUT2D eigenvalue weighted by Gasteiger charge is 2.44. The number of hydrogen-bond donors (Lipinski definition) is 4. The summed E-state index contributed by atoms with van der Waals surface area (Å²) in [5.74, 6) is 0.706. The summed E-state index contributed by atoms with van der Waals surface area (Å²) in [6.07, 6.45) is -0.555. The lowest BCUT2D eigenvalue weighted by Gasteiger charge is -2.16. The van der Waals surface area contributed by atoms with Crippen molar-refractivity contribution in [1.82, 2.24) is 34.5 Å². The number of benzene rings is 1. The maximum Gasteiger partial charge on any atom is 0.256 e. The molecule has 0 spiro atoms. The zero-order valence-electron chi connectivity index (χ0n) is 17.1. The number of imidazole rings is 1. The molecule has 0 radical (unpaired) electrons. The first-order valence-electron chi connectivity index (χ1n) is 10.1. The highest BCUT2D eigenvalue weighted by molar-refractivity contribution is 5.83. The largest absolute Gasteiger partial charge is 0.394 e. The van der Waals surface area contributed by atoms with Gasteiger partial charge >= 0.3 is 0 Å². The second-order valence-corrected chi connectivity index (χ2v) is 7.49. The number of aliphatic hydroxyl groups is 3. The number of anilines is 1. The number of fused-ring (bicyclic) bond motifs is 1. The van der Waals surface area contributed by atoms with Gasteiger partial charge in [-0.15, -0.1) is 5.10 Å². The monoisotopic (exact) mass is 438 g/mol. The molecule has 1 fully saturated rings. The quantitative estimate of drug-likeness (QED) is 0.314. The van der Waals surface area contributed by atoms with Gasteiger partial charge in [-0.1, -0.05) is 35.5 Å². The molecule has 32 heavy (non-hydrogen) atoms. The van der Waals surface area contributed by atoms with Crippen LogP contribution < -0.4 is 5.32 Å². The van der Waals surface area contributed by atoms with Gasteiger partial charge in [-0.25, -0.2) is 4.98 Å². The number of ether oxygens (including phenoxy) is 1. The summed E-state index contributed by atoms with van der Waals surface area (Å²) < 4.78 is 8.61. The smallest absolute Gasteiger partial charge is 0.256 e. The predicted octanol–water partition coefficient (Wildman–Crippen LogP) is -0.349. The van der Waals surface area contributed by atoms with Crippen LogP contribution in [0, 0.1) is 0 Å². The van der Waals surface area contributed by atoms with E-state index in [1.54, 1.807) is 13.2 Å². The summed E-state index contributed by atoms with van der Waals surface area (Å²) in [7, 11) is 1.71. The van der Waals surface area contributed by atoms with Gasteiger partial charge in [0.2, 0.25) is 0 Å². The van der Waals surface area contributed by atoms with Crippen LogP contribution in [-0.4, -0.2) is 81.8 Å². The molecule has 0 amide bonds. The number of aromatic nitrogens is 7. The fourth-order valence-corrected chi connectivity index (χ4v) is 3.76. The fourth-order valence-electron chi connectivity index (χ4n) is 3.76. The summed E-state index contributed by atoms with van der Waals surface area (Å²) in [6, 6.07) is 9.92. The van der Waals surface area contributed by atoms with Crippen LogP contribution in [0.15, 0.2) is 42.9 Å². The van der Waals surface area contributed by atoms with Crippen molar-refractivity contribution in [3.8, 4) is 5.95 Å². The summed E-state index contributed by atoms with van der Waals surface area (Å²) in [6.45, 7) is -0.424. The van der Waals surface area contributed by atoms with E-state index in [0.717, 1.165) is 11.3 Å². The van der Waals surface area contributed by atoms with E-state index in [1.807, 2.05) is 30.3 Å². The molecule has 166 valence electrons. The Morgan fingerprint density at radius 1 is 1.12 bits per heavy atom. The van der Waals surface area contributed by atoms with E-state index in [-0.39, 0.29) is 5.95 Å². The van der Waals surface area contributed by atoms with Crippen LogP contribution in [0.5, 0.6) is 0 Å². The topological polar surface area (TPSA) is 156 Å². The molecule has 5 rings (SSSR count). The highest BCUT2D eigenvalue weighted by atomic mass is 16.6. The third-order valence-corrected chi connectivity index (χ3v) is 5.41. The molecule has 4 aromatic rings. The Morgan fingerprint density at radius 3 is 2.66 bits per heavy atom. The molecule has 1 aromatic carbocycles. The zero-order valence-corrected chi connectivity index (χ0v) is 17.1. The zero-order chi connectivity index (χ0) is 22.2. The lowest BCUT2D eigenvalue weighted by Crippen LogP contribution is -2.33. The molecule has 0 bridgehead atoms. The first kappa shape index (κ1) is 20.5. The Morgan fingerprint density at radius 2 is 1.94 bits per heavy atom. The van der Waals surface area contributed by atoms with Gasteiger partial charge in [0.25, 0.3) is 5.95 Å². The minimum absolute atomic E-state index is 0.252. The number of aliphatic hydroxyl groups excluding tert-OH is 3. The van der Waals surface area contributed by atoms with Crippen molar-refractivity contribution in [1.29, 1.82) is 0 Å². The first-order valence-corrected chi connectivity index (χ1v) is 10.1. The van der Waals surface area contributed by atoms with E-state index in [4.69, 9.17) is 4.74 Å². The van der Waals surface area contributed by atoms with Crippen LogP contribution in [0.1, 0.15) is 17.5 Å². The van der Waals surface area contributed by atoms with Gasteiger partial charge in [0, 0.05) is 13.5 Å². The van der Waals surface area contributed by atoms with Gasteiger partial charge in [-0.05, 0) is 5.56 Å². The molecule has 4 atom stereocenters. The normalized spacial score (nSPS) is 23.1. The number of nitrogens with one attached hydrogen (secondary N) is 1. The Kier molecular flexibility index (Phi) is 5.27. The van der Waals surface area contributed by atoms with Crippen LogP contribution in [0.25, 0.3) is 17.1 Å². The molecule has 1 aliphatic rings. The lowest BCUT2D eigenvalue weighted by atomic mass is 10.1. The molecule has 3 aromatic heterocycles. The van der Waals surface area contributed by atoms with Gasteiger partial charge < -0.3 is 25.4 Å². The van der Waals surface area contributed by atoms with Gasteiger partial charge in [0.15, 0.2) is 23.2 Å². The molecule has 12 nitrogen and oxygen atoms in total. The van der Waals surface area contributed by atoms with E-state index in [1.165, 1.54) is 15.6 Å². The molecule has 1 aliphatic heterocycles. The molecule has 4 N–H and O–H groups in total. The molecule has 0 saturated carbocycles. The summed E-state index contributed by atoms with van der Waals surface area (Å²) in [4.78, 5) is 13.4. The Labute approximate surface area is 182 Å². The summed E-state index contributed by atoms with van der Waals surface area (Å²) >= 11 is 0. The van der Waals surface area contributed by atoms with Gasteiger partial charge in [-0.3, -0.25) is 4.57 Å². The minimum atomic E-state index is -1.26. The third kappa shape index (κ3) is 3.48. The van der Waals surface area contributed by atoms with Crippen molar-refractivity contribution in [3.63, 3.8) is 0 Å². The average Bonchev–Trinajstić information content (AvgIpc) is 3.52. The van der Waals surface area contributed by atoms with E-state index in [2.05, 4.69) is 30.6 Å². The van der Waals surface area contributed by atoms with Crippen molar-refractivity contribution in [3.05, 3.63) is 54.1 Å². The minimum Gasteiger partial charge on any atom is -0.394 e. The maximum atomic E-state index is 10.4. The van der Waals surface area contributed by atoms with Crippen molar-refractivity contribution >= 4 is 17.0 Å². The third-order valence-electron chi connectivity index (χ3n) is 5.41. The van der Waals surface area contributed by atoms with Crippen molar-refractivity contribution in [2.45, 2.75) is 31.0 Å². The Hall–Kier alpha value is -3.45. The maximum absolute atomic E-state index is 10.4. The van der Waals surface area contributed by atoms with Gasteiger partial charge in [0.05, 0.1) is 24.8 Å².